The van der Waals surface area contributed by atoms with Crippen molar-refractivity contribution >= 4 is 33.2 Å². The Morgan fingerprint density at radius 2 is 1.84 bits per heavy atom. The summed E-state index contributed by atoms with van der Waals surface area (Å²) in [7, 11) is 0. The second-order valence-electron chi connectivity index (χ2n) is 13.8. The number of hydrogen-bond acceptors (Lipinski definition) is 12. The summed E-state index contributed by atoms with van der Waals surface area (Å²) in [5, 5.41) is 15.0. The fraction of sp³-hybridized carbons (Fsp3) is 0.645. The van der Waals surface area contributed by atoms with Gasteiger partial charge in [-0.05, 0) is 44.1 Å². The summed E-state index contributed by atoms with van der Waals surface area (Å²) >= 11 is 1.68. The van der Waals surface area contributed by atoms with Crippen LogP contribution in [0.25, 0.3) is 10.2 Å². The molecule has 1 saturated carbocycles. The van der Waals surface area contributed by atoms with Gasteiger partial charge in [0.05, 0.1) is 31.5 Å². The van der Waals surface area contributed by atoms with Crippen molar-refractivity contribution in [3.8, 4) is 12.1 Å². The van der Waals surface area contributed by atoms with E-state index in [0.29, 0.717) is 55.0 Å². The first-order valence-corrected chi connectivity index (χ1v) is 16.8. The summed E-state index contributed by atoms with van der Waals surface area (Å²) in [6.07, 6.45) is 8.01. The van der Waals surface area contributed by atoms with Crippen LogP contribution in [-0.2, 0) is 16.6 Å². The Morgan fingerprint density at radius 1 is 1.09 bits per heavy atom. The molecule has 13 heteroatoms. The van der Waals surface area contributed by atoms with E-state index in [1.165, 1.54) is 11.2 Å². The van der Waals surface area contributed by atoms with Crippen LogP contribution in [-0.4, -0.2) is 103 Å². The molecule has 4 saturated heterocycles. The number of morpholine rings is 1. The molecule has 6 aliphatic rings. The summed E-state index contributed by atoms with van der Waals surface area (Å²) in [5.41, 5.74) is 1.52. The summed E-state index contributed by atoms with van der Waals surface area (Å²) in [4.78, 5) is 39.1. The predicted molar refractivity (Wildman–Crippen MR) is 166 cm³/mol. The van der Waals surface area contributed by atoms with Crippen LogP contribution in [0.2, 0.25) is 0 Å². The maximum absolute atomic E-state index is 12.8. The van der Waals surface area contributed by atoms with Gasteiger partial charge < -0.3 is 29.6 Å². The lowest BCUT2D eigenvalue weighted by molar-refractivity contribution is 0.0231. The molecule has 230 valence electrons. The average Bonchev–Trinajstić information content (AvgIpc) is 3.33. The molecule has 44 heavy (non-hydrogen) atoms. The topological polar surface area (TPSA) is 136 Å². The Balaban J connectivity index is 1.03. The molecule has 0 amide bonds. The van der Waals surface area contributed by atoms with Gasteiger partial charge in [-0.1, -0.05) is 0 Å². The number of H-pyrrole nitrogens is 1. The monoisotopic (exact) mass is 615 g/mol. The van der Waals surface area contributed by atoms with Gasteiger partial charge in [-0.15, -0.1) is 11.3 Å². The van der Waals surface area contributed by atoms with E-state index in [2.05, 4.69) is 36.1 Å². The van der Waals surface area contributed by atoms with E-state index in [1.54, 1.807) is 11.3 Å². The van der Waals surface area contributed by atoms with Gasteiger partial charge in [-0.3, -0.25) is 9.69 Å². The highest BCUT2D eigenvalue weighted by Gasteiger charge is 2.52. The molecule has 4 aliphatic heterocycles. The zero-order valence-corrected chi connectivity index (χ0v) is 25.6. The highest BCUT2D eigenvalue weighted by atomic mass is 32.1. The lowest BCUT2D eigenvalue weighted by Crippen LogP contribution is -2.59. The number of piperazine rings is 1. The smallest absolute Gasteiger partial charge is 0.320 e. The number of aromatic nitrogens is 4. The van der Waals surface area contributed by atoms with Gasteiger partial charge in [0, 0.05) is 73.6 Å². The lowest BCUT2D eigenvalue weighted by Gasteiger charge is -2.49. The average molecular weight is 616 g/mol. The molecule has 0 unspecified atom stereocenters. The summed E-state index contributed by atoms with van der Waals surface area (Å²) in [6, 6.07) is 3.68. The van der Waals surface area contributed by atoms with Crippen molar-refractivity contribution in [2.45, 2.75) is 56.0 Å². The number of nitrogens with zero attached hydrogens (tertiary/aromatic N) is 7. The molecular formula is C31H37N9O3S. The molecule has 1 spiro atoms. The van der Waals surface area contributed by atoms with E-state index in [1.807, 2.05) is 0 Å². The van der Waals surface area contributed by atoms with Crippen molar-refractivity contribution in [3.63, 3.8) is 0 Å². The van der Waals surface area contributed by atoms with Crippen LogP contribution in [0.15, 0.2) is 11.1 Å². The molecular weight excluding hydrogens is 578 g/mol. The normalized spacial score (nSPS) is 26.5. The van der Waals surface area contributed by atoms with Crippen molar-refractivity contribution in [3.05, 3.63) is 32.7 Å². The maximum Gasteiger partial charge on any atom is 0.320 e. The van der Waals surface area contributed by atoms with Crippen molar-refractivity contribution in [2.75, 3.05) is 75.4 Å². The number of aromatic amines is 1. The fourth-order valence-corrected chi connectivity index (χ4v) is 9.62. The molecule has 2 N–H and O–H groups in total. The molecule has 0 aromatic carbocycles. The summed E-state index contributed by atoms with van der Waals surface area (Å²) in [5.74, 6) is 1.35. The van der Waals surface area contributed by atoms with Crippen LogP contribution in [0.1, 0.15) is 48.1 Å². The first-order chi connectivity index (χ1) is 21.5. The second kappa shape index (κ2) is 10.1. The fourth-order valence-electron chi connectivity index (χ4n) is 8.35. The van der Waals surface area contributed by atoms with E-state index < -0.39 is 0 Å². The standard InChI is InChI=1S/C31H37N9O3S/c32-11-21-25(39-12-19-1-2-20(13-39)35-19)36-29(43-17-30(5-6-30)14-38-7-9-42-10-8-38)37-26(21)40-15-31(16-40)4-3-22-24(31)23-27(41)33-18-34-28(23)44-22/h18-20,35H,1-10,12-17H2,(H,33,34,41)/t19-,20+. The quantitative estimate of drug-likeness (QED) is 0.403. The zero-order valence-electron chi connectivity index (χ0n) is 24.8. The number of hydrogen-bond donors (Lipinski definition) is 2. The van der Waals surface area contributed by atoms with Crippen molar-refractivity contribution in [1.29, 1.82) is 5.26 Å². The minimum absolute atomic E-state index is 0.130. The lowest BCUT2D eigenvalue weighted by atomic mass is 9.74. The Morgan fingerprint density at radius 3 is 2.57 bits per heavy atom. The molecule has 2 aliphatic carbocycles. The first kappa shape index (κ1) is 27.0. The van der Waals surface area contributed by atoms with E-state index in [0.717, 1.165) is 100 Å². The number of fused-ring (bicyclic) bond motifs is 6. The van der Waals surface area contributed by atoms with E-state index >= 15 is 0 Å². The molecule has 7 heterocycles. The Kier molecular flexibility index (Phi) is 6.21. The molecule has 9 rings (SSSR count). The van der Waals surface area contributed by atoms with Crippen molar-refractivity contribution < 1.29 is 9.47 Å². The maximum atomic E-state index is 12.8. The highest BCUT2D eigenvalue weighted by molar-refractivity contribution is 7.18. The summed E-state index contributed by atoms with van der Waals surface area (Å²) < 4.78 is 12.0. The van der Waals surface area contributed by atoms with Gasteiger partial charge in [0.25, 0.3) is 5.56 Å². The van der Waals surface area contributed by atoms with Crippen molar-refractivity contribution in [2.24, 2.45) is 5.41 Å². The minimum atomic E-state index is -0.159. The van der Waals surface area contributed by atoms with Crippen LogP contribution >= 0.6 is 11.3 Å². The van der Waals surface area contributed by atoms with Crippen LogP contribution in [0.3, 0.4) is 0 Å². The third kappa shape index (κ3) is 4.41. The number of aryl methyl sites for hydroxylation is 1. The van der Waals surface area contributed by atoms with Crippen LogP contribution in [0.5, 0.6) is 6.01 Å². The highest BCUT2D eigenvalue weighted by Crippen LogP contribution is 2.52. The molecule has 2 atom stereocenters. The largest absolute Gasteiger partial charge is 0.463 e. The van der Waals surface area contributed by atoms with E-state index in [-0.39, 0.29) is 16.4 Å². The first-order valence-electron chi connectivity index (χ1n) is 16.0. The van der Waals surface area contributed by atoms with Gasteiger partial charge in [0.15, 0.2) is 11.6 Å². The van der Waals surface area contributed by atoms with Crippen LogP contribution < -0.4 is 25.4 Å². The number of ether oxygens (including phenoxy) is 2. The minimum Gasteiger partial charge on any atom is -0.463 e. The van der Waals surface area contributed by atoms with Crippen LogP contribution in [0, 0.1) is 16.7 Å². The van der Waals surface area contributed by atoms with Gasteiger partial charge in [0.1, 0.15) is 16.5 Å². The number of nitriles is 1. The van der Waals surface area contributed by atoms with Gasteiger partial charge in [0.2, 0.25) is 0 Å². The number of nitrogens with one attached hydrogen (secondary N) is 2. The van der Waals surface area contributed by atoms with Crippen LogP contribution in [0.4, 0.5) is 11.6 Å². The Labute approximate surface area is 259 Å². The summed E-state index contributed by atoms with van der Waals surface area (Å²) in [6.45, 7) is 8.16. The van der Waals surface area contributed by atoms with Gasteiger partial charge in [-0.25, -0.2) is 0 Å². The molecule has 3 aromatic rings. The number of anilines is 2. The third-order valence-corrected chi connectivity index (χ3v) is 12.0. The second-order valence-corrected chi connectivity index (χ2v) is 14.9. The third-order valence-electron chi connectivity index (χ3n) is 10.8. The predicted octanol–water partition coefficient (Wildman–Crippen LogP) is 1.78. The van der Waals surface area contributed by atoms with Gasteiger partial charge >= 0.3 is 6.01 Å². The molecule has 3 aromatic heterocycles. The van der Waals surface area contributed by atoms with E-state index in [9.17, 15) is 10.1 Å². The zero-order chi connectivity index (χ0) is 29.5. The molecule has 5 fully saturated rings. The Bertz CT molecular complexity index is 1700. The molecule has 0 radical (unpaired) electrons. The number of rotatable bonds is 7. The SMILES string of the molecule is N#Cc1c(N2C[C@H]3CC[C@@H](C2)N3)nc(OCC2(CN3CCOCC3)CC2)nc1N1CC2(CCc3sc4[nH]cnc(=O)c4c32)C1. The van der Waals surface area contributed by atoms with Gasteiger partial charge in [-0.2, -0.15) is 20.2 Å². The molecule has 12 nitrogen and oxygen atoms in total. The van der Waals surface area contributed by atoms with E-state index in [4.69, 9.17) is 19.4 Å². The number of thiophene rings is 1. The van der Waals surface area contributed by atoms with Crippen molar-refractivity contribution in [1.82, 2.24) is 30.2 Å². The molecule has 2 bridgehead atoms. The Hall–Kier alpha value is -3.31.